The van der Waals surface area contributed by atoms with Crippen molar-refractivity contribution in [2.24, 2.45) is 0 Å². The van der Waals surface area contributed by atoms with Crippen LogP contribution in [0.25, 0.3) is 0 Å². The minimum absolute atomic E-state index is 0.0890. The molecule has 0 aliphatic rings. The molecule has 127 valence electrons. The molecular formula is C16H15Cl2N2O4. The SMILES string of the molecule is O=[N+]([O-])OCCOCCc1ccc[c]c1Nc1c(Cl)cccc1Cl. The van der Waals surface area contributed by atoms with E-state index in [0.29, 0.717) is 28.8 Å². The Morgan fingerprint density at radius 1 is 1.12 bits per heavy atom. The van der Waals surface area contributed by atoms with Crippen molar-refractivity contribution in [2.45, 2.75) is 6.42 Å². The van der Waals surface area contributed by atoms with E-state index in [2.05, 4.69) is 16.2 Å². The molecule has 0 amide bonds. The Bertz CT molecular complexity index is 677. The van der Waals surface area contributed by atoms with Gasteiger partial charge in [0.2, 0.25) is 0 Å². The highest BCUT2D eigenvalue weighted by Crippen LogP contribution is 2.33. The molecule has 0 fully saturated rings. The van der Waals surface area contributed by atoms with Gasteiger partial charge in [-0.1, -0.05) is 47.5 Å². The van der Waals surface area contributed by atoms with Crippen LogP contribution in [0, 0.1) is 16.2 Å². The van der Waals surface area contributed by atoms with Crippen molar-refractivity contribution >= 4 is 34.6 Å². The third-order valence-corrected chi connectivity index (χ3v) is 3.73. The number of halogens is 2. The van der Waals surface area contributed by atoms with Crippen molar-refractivity contribution < 1.29 is 14.7 Å². The zero-order valence-electron chi connectivity index (χ0n) is 12.6. The summed E-state index contributed by atoms with van der Waals surface area (Å²) in [5.74, 6) is 0. The van der Waals surface area contributed by atoms with E-state index in [4.69, 9.17) is 27.9 Å². The Morgan fingerprint density at radius 3 is 2.58 bits per heavy atom. The summed E-state index contributed by atoms with van der Waals surface area (Å²) >= 11 is 12.3. The van der Waals surface area contributed by atoms with E-state index in [-0.39, 0.29) is 13.2 Å². The van der Waals surface area contributed by atoms with Crippen LogP contribution in [0.4, 0.5) is 11.4 Å². The first-order chi connectivity index (χ1) is 11.6. The van der Waals surface area contributed by atoms with Gasteiger partial charge in [-0.15, -0.1) is 10.1 Å². The molecule has 0 bridgehead atoms. The molecule has 1 radical (unpaired) electrons. The van der Waals surface area contributed by atoms with Crippen molar-refractivity contribution in [1.29, 1.82) is 0 Å². The van der Waals surface area contributed by atoms with Gasteiger partial charge in [0.1, 0.15) is 6.61 Å². The van der Waals surface area contributed by atoms with Gasteiger partial charge in [0.25, 0.3) is 5.09 Å². The van der Waals surface area contributed by atoms with Gasteiger partial charge in [-0.2, -0.15) is 0 Å². The normalized spacial score (nSPS) is 10.4. The number of hydrogen-bond acceptors (Lipinski definition) is 5. The molecule has 2 aromatic rings. The second-order valence-corrected chi connectivity index (χ2v) is 5.53. The maximum Gasteiger partial charge on any atom is 0.294 e. The fourth-order valence-corrected chi connectivity index (χ4v) is 2.49. The summed E-state index contributed by atoms with van der Waals surface area (Å²) in [6.45, 7) is 0.453. The highest BCUT2D eigenvalue weighted by Gasteiger charge is 2.08. The molecule has 0 aliphatic carbocycles. The second kappa shape index (κ2) is 9.32. The zero-order chi connectivity index (χ0) is 17.4. The molecule has 1 N–H and O–H groups in total. The molecule has 0 saturated heterocycles. The van der Waals surface area contributed by atoms with E-state index in [0.717, 1.165) is 11.3 Å². The standard InChI is InChI=1S/C16H15Cl2N2O4/c17-13-5-3-6-14(18)16(13)19-15-7-2-1-4-12(15)8-9-23-10-11-24-20(21)22/h1-6,19H,8-11H2. The summed E-state index contributed by atoms with van der Waals surface area (Å²) in [6.07, 6.45) is 0.597. The lowest BCUT2D eigenvalue weighted by molar-refractivity contribution is -0.758. The van der Waals surface area contributed by atoms with Gasteiger partial charge in [0.15, 0.2) is 0 Å². The van der Waals surface area contributed by atoms with Crippen LogP contribution < -0.4 is 5.32 Å². The Morgan fingerprint density at radius 2 is 1.88 bits per heavy atom. The molecule has 0 atom stereocenters. The molecule has 24 heavy (non-hydrogen) atoms. The van der Waals surface area contributed by atoms with Crippen molar-refractivity contribution in [3.05, 3.63) is 68.2 Å². The van der Waals surface area contributed by atoms with E-state index in [1.54, 1.807) is 24.3 Å². The number of anilines is 2. The smallest absolute Gasteiger partial charge is 0.294 e. The summed E-state index contributed by atoms with van der Waals surface area (Å²) in [4.78, 5) is 14.2. The minimum atomic E-state index is -0.842. The average molecular weight is 370 g/mol. The van der Waals surface area contributed by atoms with E-state index >= 15 is 0 Å². The van der Waals surface area contributed by atoms with Crippen LogP contribution >= 0.6 is 23.2 Å². The van der Waals surface area contributed by atoms with Gasteiger partial charge in [-0.05, 0) is 24.1 Å². The molecule has 2 rings (SSSR count). The molecule has 6 nitrogen and oxygen atoms in total. The first-order valence-electron chi connectivity index (χ1n) is 7.13. The predicted molar refractivity (Wildman–Crippen MR) is 92.5 cm³/mol. The number of para-hydroxylation sites is 2. The third-order valence-electron chi connectivity index (χ3n) is 3.10. The molecule has 0 aliphatic heterocycles. The van der Waals surface area contributed by atoms with E-state index in [9.17, 15) is 10.1 Å². The Hall–Kier alpha value is -2.02. The summed E-state index contributed by atoms with van der Waals surface area (Å²) in [6, 6.07) is 13.9. The average Bonchev–Trinajstić information content (AvgIpc) is 2.55. The summed E-state index contributed by atoms with van der Waals surface area (Å²) in [5.41, 5.74) is 2.33. The van der Waals surface area contributed by atoms with Gasteiger partial charge in [-0.3, -0.25) is 0 Å². The van der Waals surface area contributed by atoms with Crippen LogP contribution in [-0.4, -0.2) is 24.9 Å². The number of hydrogen-bond donors (Lipinski definition) is 1. The molecule has 8 heteroatoms. The lowest BCUT2D eigenvalue weighted by atomic mass is 10.1. The monoisotopic (exact) mass is 369 g/mol. The quantitative estimate of drug-likeness (QED) is 0.405. The summed E-state index contributed by atoms with van der Waals surface area (Å²) in [5, 5.41) is 13.4. The van der Waals surface area contributed by atoms with Gasteiger partial charge in [-0.25, -0.2) is 0 Å². The van der Waals surface area contributed by atoms with E-state index < -0.39 is 5.09 Å². The van der Waals surface area contributed by atoms with Crippen LogP contribution in [0.5, 0.6) is 0 Å². The van der Waals surface area contributed by atoms with Crippen LogP contribution in [0.1, 0.15) is 5.56 Å². The fraction of sp³-hybridized carbons (Fsp3) is 0.250. The largest absolute Gasteiger partial charge is 0.379 e. The van der Waals surface area contributed by atoms with Crippen molar-refractivity contribution in [1.82, 2.24) is 0 Å². The highest BCUT2D eigenvalue weighted by atomic mass is 35.5. The molecule has 2 aromatic carbocycles. The van der Waals surface area contributed by atoms with Gasteiger partial charge >= 0.3 is 0 Å². The predicted octanol–water partition coefficient (Wildman–Crippen LogP) is 4.30. The van der Waals surface area contributed by atoms with Crippen LogP contribution in [0.3, 0.4) is 0 Å². The topological polar surface area (TPSA) is 73.6 Å². The van der Waals surface area contributed by atoms with Crippen LogP contribution in [0.15, 0.2) is 36.4 Å². The van der Waals surface area contributed by atoms with Gasteiger partial charge < -0.3 is 14.9 Å². The molecular weight excluding hydrogens is 355 g/mol. The summed E-state index contributed by atoms with van der Waals surface area (Å²) < 4.78 is 5.32. The molecule has 0 unspecified atom stereocenters. The van der Waals surface area contributed by atoms with Gasteiger partial charge in [0, 0.05) is 11.8 Å². The Balaban J connectivity index is 1.94. The van der Waals surface area contributed by atoms with Crippen molar-refractivity contribution in [3.63, 3.8) is 0 Å². The molecule has 0 aromatic heterocycles. The van der Waals surface area contributed by atoms with Crippen molar-refractivity contribution in [3.8, 4) is 0 Å². The first-order valence-corrected chi connectivity index (χ1v) is 7.89. The zero-order valence-corrected chi connectivity index (χ0v) is 14.1. The minimum Gasteiger partial charge on any atom is -0.379 e. The molecule has 0 heterocycles. The number of nitrogens with one attached hydrogen (secondary N) is 1. The number of rotatable bonds is 9. The van der Waals surface area contributed by atoms with Crippen LogP contribution in [-0.2, 0) is 16.0 Å². The lowest BCUT2D eigenvalue weighted by Gasteiger charge is -2.14. The van der Waals surface area contributed by atoms with E-state index in [1.807, 2.05) is 12.1 Å². The van der Waals surface area contributed by atoms with Crippen molar-refractivity contribution in [2.75, 3.05) is 25.1 Å². The van der Waals surface area contributed by atoms with Gasteiger partial charge in [0.05, 0.1) is 28.9 Å². The van der Waals surface area contributed by atoms with Crippen LogP contribution in [0.2, 0.25) is 10.0 Å². The maximum atomic E-state index is 10.0. The number of nitrogens with zero attached hydrogens (tertiary/aromatic N) is 1. The third kappa shape index (κ3) is 5.56. The molecule has 0 saturated carbocycles. The Kier molecular flexibility index (Phi) is 7.11. The summed E-state index contributed by atoms with van der Waals surface area (Å²) in [7, 11) is 0. The first kappa shape index (κ1) is 18.3. The second-order valence-electron chi connectivity index (χ2n) is 4.71. The Labute approximate surface area is 149 Å². The number of ether oxygens (including phenoxy) is 1. The van der Waals surface area contributed by atoms with E-state index in [1.165, 1.54) is 0 Å². The maximum absolute atomic E-state index is 10.0. The lowest BCUT2D eigenvalue weighted by Crippen LogP contribution is -2.10. The molecule has 0 spiro atoms. The number of benzene rings is 2. The highest BCUT2D eigenvalue weighted by molar-refractivity contribution is 6.39. The fourth-order valence-electron chi connectivity index (χ4n) is 1.99.